The van der Waals surface area contributed by atoms with Gasteiger partial charge in [0, 0.05) is 6.54 Å². The zero-order valence-corrected chi connectivity index (χ0v) is 12.6. The van der Waals surface area contributed by atoms with Crippen molar-refractivity contribution in [3.63, 3.8) is 0 Å². The van der Waals surface area contributed by atoms with Crippen molar-refractivity contribution < 1.29 is 13.5 Å². The summed E-state index contributed by atoms with van der Waals surface area (Å²) in [6, 6.07) is 6.70. The highest BCUT2D eigenvalue weighted by Gasteiger charge is 2.51. The maximum atomic E-state index is 12.8. The Balaban J connectivity index is 1.94. The largest absolute Gasteiger partial charge is 0.388 e. The summed E-state index contributed by atoms with van der Waals surface area (Å²) in [5.41, 5.74) is 0.232. The summed E-state index contributed by atoms with van der Waals surface area (Å²) in [5, 5.41) is 10.6. The van der Waals surface area contributed by atoms with Crippen molar-refractivity contribution in [1.29, 1.82) is 0 Å². The number of aryl methyl sites for hydroxylation is 1. The van der Waals surface area contributed by atoms with E-state index >= 15 is 0 Å². The first-order valence-electron chi connectivity index (χ1n) is 7.24. The fourth-order valence-corrected chi connectivity index (χ4v) is 5.22. The molecule has 110 valence electrons. The van der Waals surface area contributed by atoms with Gasteiger partial charge < -0.3 is 5.11 Å². The van der Waals surface area contributed by atoms with E-state index in [0.29, 0.717) is 17.9 Å². The maximum Gasteiger partial charge on any atom is 0.243 e. The van der Waals surface area contributed by atoms with E-state index in [4.69, 9.17) is 0 Å². The summed E-state index contributed by atoms with van der Waals surface area (Å²) in [5.74, 6) is 0. The Morgan fingerprint density at radius 2 is 1.90 bits per heavy atom. The molecule has 0 amide bonds. The first kappa shape index (κ1) is 14.0. The molecule has 1 heterocycles. The number of rotatable bonds is 2. The van der Waals surface area contributed by atoms with E-state index in [1.165, 1.54) is 4.31 Å². The van der Waals surface area contributed by atoms with Crippen molar-refractivity contribution in [3.8, 4) is 0 Å². The number of sulfonamides is 1. The molecule has 5 heteroatoms. The number of aliphatic hydroxyl groups is 1. The van der Waals surface area contributed by atoms with Crippen molar-refractivity contribution in [2.45, 2.75) is 55.6 Å². The van der Waals surface area contributed by atoms with Crippen LogP contribution in [0.25, 0.3) is 0 Å². The van der Waals surface area contributed by atoms with Gasteiger partial charge in [-0.2, -0.15) is 4.31 Å². The molecule has 1 saturated carbocycles. The van der Waals surface area contributed by atoms with Crippen LogP contribution in [-0.4, -0.2) is 36.0 Å². The summed E-state index contributed by atoms with van der Waals surface area (Å²) >= 11 is 0. The van der Waals surface area contributed by atoms with E-state index in [-0.39, 0.29) is 6.04 Å². The van der Waals surface area contributed by atoms with Crippen LogP contribution in [0, 0.1) is 6.92 Å². The lowest BCUT2D eigenvalue weighted by Gasteiger charge is -2.37. The van der Waals surface area contributed by atoms with Crippen LogP contribution in [0.1, 0.15) is 37.7 Å². The molecular weight excluding hydrogens is 274 g/mol. The van der Waals surface area contributed by atoms with E-state index in [0.717, 1.165) is 31.2 Å². The third kappa shape index (κ3) is 2.18. The summed E-state index contributed by atoms with van der Waals surface area (Å²) in [4.78, 5) is 0.331. The van der Waals surface area contributed by atoms with Gasteiger partial charge in [0.15, 0.2) is 0 Å². The minimum Gasteiger partial charge on any atom is -0.388 e. The molecule has 0 spiro atoms. The van der Waals surface area contributed by atoms with Crippen LogP contribution >= 0.6 is 0 Å². The Morgan fingerprint density at radius 3 is 2.60 bits per heavy atom. The Labute approximate surface area is 120 Å². The van der Waals surface area contributed by atoms with Crippen LogP contribution in [0.2, 0.25) is 0 Å². The first-order valence-corrected chi connectivity index (χ1v) is 8.68. The zero-order valence-electron chi connectivity index (χ0n) is 11.7. The number of hydrogen-bond donors (Lipinski definition) is 1. The lowest BCUT2D eigenvalue weighted by Crippen LogP contribution is -2.48. The van der Waals surface area contributed by atoms with Gasteiger partial charge in [-0.15, -0.1) is 0 Å². The molecular formula is C15H21NO3S. The number of hydrogen-bond acceptors (Lipinski definition) is 3. The maximum absolute atomic E-state index is 12.8. The molecule has 0 aromatic heterocycles. The molecule has 0 bridgehead atoms. The van der Waals surface area contributed by atoms with E-state index in [9.17, 15) is 13.5 Å². The first-order chi connectivity index (χ1) is 9.43. The van der Waals surface area contributed by atoms with Crippen molar-refractivity contribution in [3.05, 3.63) is 29.8 Å². The van der Waals surface area contributed by atoms with Gasteiger partial charge in [-0.05, 0) is 38.3 Å². The molecule has 2 atom stereocenters. The summed E-state index contributed by atoms with van der Waals surface area (Å²) < 4.78 is 27.0. The molecule has 2 fully saturated rings. The van der Waals surface area contributed by atoms with Gasteiger partial charge in [-0.1, -0.05) is 30.5 Å². The van der Waals surface area contributed by atoms with E-state index < -0.39 is 15.6 Å². The van der Waals surface area contributed by atoms with E-state index in [2.05, 4.69) is 0 Å². The van der Waals surface area contributed by atoms with Crippen LogP contribution in [-0.2, 0) is 10.0 Å². The third-order valence-electron chi connectivity index (χ3n) is 4.70. The van der Waals surface area contributed by atoms with E-state index in [1.54, 1.807) is 12.1 Å². The van der Waals surface area contributed by atoms with Crippen LogP contribution in [0.3, 0.4) is 0 Å². The molecule has 3 rings (SSSR count). The standard InChI is InChI=1S/C15H21NO3S/c1-12-5-7-13(8-6-12)20(18,19)16-11-10-15(17)9-3-2-4-14(15)16/h5-8,14,17H,2-4,9-11H2,1H3/t14-,15+/m0/s1. The minimum absolute atomic E-state index is 0.248. The molecule has 1 N–H and O–H groups in total. The van der Waals surface area contributed by atoms with Crippen LogP contribution in [0.15, 0.2) is 29.2 Å². The Hall–Kier alpha value is -0.910. The van der Waals surface area contributed by atoms with Crippen LogP contribution in [0.5, 0.6) is 0 Å². The lowest BCUT2D eigenvalue weighted by molar-refractivity contribution is -0.0126. The highest BCUT2D eigenvalue weighted by molar-refractivity contribution is 7.89. The monoisotopic (exact) mass is 295 g/mol. The number of nitrogens with zero attached hydrogens (tertiary/aromatic N) is 1. The average Bonchev–Trinajstić information content (AvgIpc) is 2.77. The molecule has 0 unspecified atom stereocenters. The second-order valence-electron chi connectivity index (χ2n) is 6.04. The number of benzene rings is 1. The van der Waals surface area contributed by atoms with Gasteiger partial charge in [-0.3, -0.25) is 0 Å². The topological polar surface area (TPSA) is 57.6 Å². The quantitative estimate of drug-likeness (QED) is 0.908. The smallest absolute Gasteiger partial charge is 0.243 e. The third-order valence-corrected chi connectivity index (χ3v) is 6.62. The van der Waals surface area contributed by atoms with Gasteiger partial charge in [0.05, 0.1) is 16.5 Å². The molecule has 1 aromatic carbocycles. The molecule has 1 aromatic rings. The highest BCUT2D eigenvalue weighted by Crippen LogP contribution is 2.42. The van der Waals surface area contributed by atoms with Crippen molar-refractivity contribution in [1.82, 2.24) is 4.31 Å². The van der Waals surface area contributed by atoms with Crippen molar-refractivity contribution in [2.24, 2.45) is 0 Å². The summed E-state index contributed by atoms with van der Waals surface area (Å²) in [6.45, 7) is 2.36. The molecule has 20 heavy (non-hydrogen) atoms. The van der Waals surface area contributed by atoms with Gasteiger partial charge in [0.25, 0.3) is 0 Å². The molecule has 1 saturated heterocycles. The predicted molar refractivity (Wildman–Crippen MR) is 76.9 cm³/mol. The molecule has 4 nitrogen and oxygen atoms in total. The number of fused-ring (bicyclic) bond motifs is 1. The molecule has 2 aliphatic rings. The fourth-order valence-electron chi connectivity index (χ4n) is 3.50. The second kappa shape index (κ2) is 4.83. The normalized spacial score (nSPS) is 31.2. The Kier molecular flexibility index (Phi) is 3.39. The van der Waals surface area contributed by atoms with Crippen molar-refractivity contribution >= 4 is 10.0 Å². The van der Waals surface area contributed by atoms with Gasteiger partial charge in [0.1, 0.15) is 0 Å². The fraction of sp³-hybridized carbons (Fsp3) is 0.600. The van der Waals surface area contributed by atoms with Crippen LogP contribution < -0.4 is 0 Å². The van der Waals surface area contributed by atoms with Gasteiger partial charge in [0.2, 0.25) is 10.0 Å². The van der Waals surface area contributed by atoms with Crippen molar-refractivity contribution in [2.75, 3.05) is 6.54 Å². The van der Waals surface area contributed by atoms with Gasteiger partial charge >= 0.3 is 0 Å². The second-order valence-corrected chi connectivity index (χ2v) is 7.93. The molecule has 1 aliphatic heterocycles. The van der Waals surface area contributed by atoms with Gasteiger partial charge in [-0.25, -0.2) is 8.42 Å². The van der Waals surface area contributed by atoms with Crippen LogP contribution in [0.4, 0.5) is 0 Å². The van der Waals surface area contributed by atoms with E-state index in [1.807, 2.05) is 19.1 Å². The predicted octanol–water partition coefficient (Wildman–Crippen LogP) is 2.06. The Morgan fingerprint density at radius 1 is 1.20 bits per heavy atom. The minimum atomic E-state index is -3.49. The zero-order chi connectivity index (χ0) is 14.4. The molecule has 1 aliphatic carbocycles. The SMILES string of the molecule is Cc1ccc(S(=O)(=O)N2CC[C@]3(O)CCCC[C@H]23)cc1. The average molecular weight is 295 g/mol. The highest BCUT2D eigenvalue weighted by atomic mass is 32.2. The molecule has 0 radical (unpaired) electrons. The summed E-state index contributed by atoms with van der Waals surface area (Å²) in [6.07, 6.45) is 4.03. The lowest BCUT2D eigenvalue weighted by atomic mass is 9.81. The Bertz CT molecular complexity index is 596. The summed E-state index contributed by atoms with van der Waals surface area (Å²) in [7, 11) is -3.49.